The molecule has 0 aromatic carbocycles. The van der Waals surface area contributed by atoms with Crippen LogP contribution in [0, 0.1) is 0 Å². The summed E-state index contributed by atoms with van der Waals surface area (Å²) in [6, 6.07) is 1.86. The smallest absolute Gasteiger partial charge is 0.214 e. The summed E-state index contributed by atoms with van der Waals surface area (Å²) in [5, 5.41) is 1.29. The van der Waals surface area contributed by atoms with E-state index >= 15 is 0 Å². The zero-order valence-electron chi connectivity index (χ0n) is 10.0. The Morgan fingerprint density at radius 3 is 2.53 bits per heavy atom. The van der Waals surface area contributed by atoms with Crippen molar-refractivity contribution in [1.29, 1.82) is 0 Å². The van der Waals surface area contributed by atoms with Gasteiger partial charge < -0.3 is 0 Å². The van der Waals surface area contributed by atoms with E-state index in [9.17, 15) is 16.8 Å². The van der Waals surface area contributed by atoms with E-state index in [2.05, 4.69) is 20.7 Å². The average molecular weight is 388 g/mol. The standard InChI is InChI=1S/C10H14BrNO4S3/c11-8-5-9(17-7-8)6-12-19(15,16)10-1-3-18(13,14)4-2-10/h5,7,10,12H,1-4,6H2. The highest BCUT2D eigenvalue weighted by Crippen LogP contribution is 2.22. The lowest BCUT2D eigenvalue weighted by Crippen LogP contribution is -2.39. The van der Waals surface area contributed by atoms with Gasteiger partial charge in [-0.05, 0) is 34.8 Å². The molecule has 0 unspecified atom stereocenters. The van der Waals surface area contributed by atoms with E-state index in [0.717, 1.165) is 9.35 Å². The molecule has 5 nitrogen and oxygen atoms in total. The van der Waals surface area contributed by atoms with Gasteiger partial charge >= 0.3 is 0 Å². The predicted octanol–water partition coefficient (Wildman–Crippen LogP) is 1.51. The Labute approximate surface area is 125 Å². The SMILES string of the molecule is O=S1(=O)CCC(S(=O)(=O)NCc2cc(Br)cs2)CC1. The van der Waals surface area contributed by atoms with Gasteiger partial charge in [0.25, 0.3) is 0 Å². The van der Waals surface area contributed by atoms with Crippen LogP contribution < -0.4 is 4.72 Å². The Balaban J connectivity index is 1.95. The minimum atomic E-state index is -3.45. The molecule has 0 atom stereocenters. The molecule has 2 rings (SSSR count). The first kappa shape index (κ1) is 15.4. The topological polar surface area (TPSA) is 80.3 Å². The van der Waals surface area contributed by atoms with Crippen molar-refractivity contribution in [2.75, 3.05) is 11.5 Å². The second kappa shape index (κ2) is 5.80. The van der Waals surface area contributed by atoms with Gasteiger partial charge in [0.15, 0.2) is 0 Å². The van der Waals surface area contributed by atoms with E-state index in [1.54, 1.807) is 0 Å². The van der Waals surface area contributed by atoms with Crippen molar-refractivity contribution < 1.29 is 16.8 Å². The van der Waals surface area contributed by atoms with Gasteiger partial charge in [-0.3, -0.25) is 0 Å². The molecule has 1 aliphatic rings. The van der Waals surface area contributed by atoms with E-state index in [-0.39, 0.29) is 30.9 Å². The van der Waals surface area contributed by atoms with Crippen LogP contribution in [-0.2, 0) is 26.4 Å². The van der Waals surface area contributed by atoms with Gasteiger partial charge in [0.05, 0.1) is 16.8 Å². The van der Waals surface area contributed by atoms with Crippen LogP contribution in [0.1, 0.15) is 17.7 Å². The van der Waals surface area contributed by atoms with Crippen LogP contribution in [0.4, 0.5) is 0 Å². The number of sulfonamides is 1. The fraction of sp³-hybridized carbons (Fsp3) is 0.600. The minimum Gasteiger partial charge on any atom is -0.229 e. The van der Waals surface area contributed by atoms with Gasteiger partial charge in [-0.25, -0.2) is 21.6 Å². The zero-order valence-corrected chi connectivity index (χ0v) is 14.0. The quantitative estimate of drug-likeness (QED) is 0.848. The van der Waals surface area contributed by atoms with Gasteiger partial charge in [0.1, 0.15) is 9.84 Å². The highest BCUT2D eigenvalue weighted by Gasteiger charge is 2.32. The van der Waals surface area contributed by atoms with Crippen molar-refractivity contribution in [3.05, 3.63) is 20.8 Å². The van der Waals surface area contributed by atoms with Crippen LogP contribution in [0.5, 0.6) is 0 Å². The first-order valence-electron chi connectivity index (χ1n) is 5.70. The third-order valence-corrected chi connectivity index (χ3v) is 8.32. The molecular formula is C10H14BrNO4S3. The number of hydrogen-bond acceptors (Lipinski definition) is 5. The molecule has 1 N–H and O–H groups in total. The van der Waals surface area contributed by atoms with E-state index in [1.165, 1.54) is 11.3 Å². The number of halogens is 1. The van der Waals surface area contributed by atoms with Crippen molar-refractivity contribution in [1.82, 2.24) is 4.72 Å². The monoisotopic (exact) mass is 387 g/mol. The fourth-order valence-corrected chi connectivity index (χ4v) is 6.64. The first-order valence-corrected chi connectivity index (χ1v) is 10.7. The van der Waals surface area contributed by atoms with E-state index in [4.69, 9.17) is 0 Å². The molecule has 0 radical (unpaired) electrons. The Morgan fingerprint density at radius 1 is 1.37 bits per heavy atom. The first-order chi connectivity index (χ1) is 8.78. The van der Waals surface area contributed by atoms with Gasteiger partial charge in [-0.2, -0.15) is 0 Å². The van der Waals surface area contributed by atoms with Gasteiger partial charge in [0.2, 0.25) is 10.0 Å². The Bertz CT molecular complexity index is 636. The summed E-state index contributed by atoms with van der Waals surface area (Å²) in [5.41, 5.74) is 0. The molecular weight excluding hydrogens is 374 g/mol. The fourth-order valence-electron chi connectivity index (χ4n) is 1.91. The van der Waals surface area contributed by atoms with Gasteiger partial charge in [0, 0.05) is 21.3 Å². The largest absolute Gasteiger partial charge is 0.229 e. The van der Waals surface area contributed by atoms with E-state index < -0.39 is 25.1 Å². The van der Waals surface area contributed by atoms with Crippen molar-refractivity contribution in [3.63, 3.8) is 0 Å². The molecule has 2 heterocycles. The van der Waals surface area contributed by atoms with Crippen LogP contribution in [0.25, 0.3) is 0 Å². The molecule has 0 amide bonds. The highest BCUT2D eigenvalue weighted by molar-refractivity contribution is 9.10. The minimum absolute atomic E-state index is 0.0386. The van der Waals surface area contributed by atoms with E-state index in [1.807, 2.05) is 11.4 Å². The van der Waals surface area contributed by atoms with E-state index in [0.29, 0.717) is 0 Å². The van der Waals surface area contributed by atoms with Crippen molar-refractivity contribution in [3.8, 4) is 0 Å². The molecule has 0 saturated carbocycles. The van der Waals surface area contributed by atoms with Crippen LogP contribution in [0.15, 0.2) is 15.9 Å². The third-order valence-electron chi connectivity index (χ3n) is 3.01. The maximum absolute atomic E-state index is 12.1. The number of thiophene rings is 1. The molecule has 1 saturated heterocycles. The summed E-state index contributed by atoms with van der Waals surface area (Å²) in [6.45, 7) is 0.252. The number of sulfone groups is 1. The Hall–Kier alpha value is 0.0400. The zero-order chi connectivity index (χ0) is 14.1. The average Bonchev–Trinajstić information content (AvgIpc) is 2.72. The Morgan fingerprint density at radius 2 is 2.00 bits per heavy atom. The second-order valence-electron chi connectivity index (χ2n) is 4.45. The lowest BCUT2D eigenvalue weighted by molar-refractivity contribution is 0.542. The van der Waals surface area contributed by atoms with Crippen LogP contribution in [-0.4, -0.2) is 33.6 Å². The second-order valence-corrected chi connectivity index (χ2v) is 10.7. The molecule has 9 heteroatoms. The number of hydrogen-bond donors (Lipinski definition) is 1. The number of nitrogens with one attached hydrogen (secondary N) is 1. The molecule has 1 aromatic heterocycles. The maximum atomic E-state index is 12.1. The maximum Gasteiger partial charge on any atom is 0.214 e. The molecule has 108 valence electrons. The Kier molecular flexibility index (Phi) is 4.71. The van der Waals surface area contributed by atoms with Gasteiger partial charge in [-0.15, -0.1) is 11.3 Å². The molecule has 0 bridgehead atoms. The lowest BCUT2D eigenvalue weighted by Gasteiger charge is -2.22. The van der Waals surface area contributed by atoms with Crippen molar-refractivity contribution in [2.24, 2.45) is 0 Å². The number of rotatable bonds is 4. The van der Waals surface area contributed by atoms with Crippen molar-refractivity contribution >= 4 is 47.1 Å². The summed E-state index contributed by atoms with van der Waals surface area (Å²) < 4.78 is 50.2. The summed E-state index contributed by atoms with van der Waals surface area (Å²) >= 11 is 4.78. The van der Waals surface area contributed by atoms with Crippen LogP contribution in [0.2, 0.25) is 0 Å². The van der Waals surface area contributed by atoms with Crippen LogP contribution in [0.3, 0.4) is 0 Å². The van der Waals surface area contributed by atoms with Crippen molar-refractivity contribution in [2.45, 2.75) is 24.6 Å². The summed E-state index contributed by atoms with van der Waals surface area (Å²) in [7, 11) is -6.48. The summed E-state index contributed by atoms with van der Waals surface area (Å²) in [6.07, 6.45) is 0.373. The summed E-state index contributed by atoms with van der Waals surface area (Å²) in [4.78, 5) is 0.916. The third kappa shape index (κ3) is 4.25. The molecule has 1 aromatic rings. The lowest BCUT2D eigenvalue weighted by atomic mass is 10.2. The molecule has 1 aliphatic heterocycles. The highest BCUT2D eigenvalue weighted by atomic mass is 79.9. The predicted molar refractivity (Wildman–Crippen MR) is 79.5 cm³/mol. The van der Waals surface area contributed by atoms with Gasteiger partial charge in [-0.1, -0.05) is 0 Å². The normalized spacial score (nSPS) is 20.5. The summed E-state index contributed by atoms with van der Waals surface area (Å²) in [5.74, 6) is -0.0771. The molecule has 1 fully saturated rings. The molecule has 19 heavy (non-hydrogen) atoms. The molecule has 0 aliphatic carbocycles. The molecule has 0 spiro atoms. The van der Waals surface area contributed by atoms with Crippen LogP contribution >= 0.6 is 27.3 Å².